The Balaban J connectivity index is 1.94. The number of halogens is 1. The Kier molecular flexibility index (Phi) is 8.78. The third-order valence-corrected chi connectivity index (χ3v) is 6.23. The van der Waals surface area contributed by atoms with Crippen molar-refractivity contribution < 1.29 is 23.9 Å². The topological polar surface area (TPSA) is 109 Å². The number of rotatable bonds is 7. The van der Waals surface area contributed by atoms with Gasteiger partial charge in [0.2, 0.25) is 5.91 Å². The first-order chi connectivity index (χ1) is 16.8. The number of hydrogen-bond donors (Lipinski definition) is 2. The maximum absolute atomic E-state index is 13.4. The lowest BCUT2D eigenvalue weighted by Gasteiger charge is -2.20. The number of carbonyl (C=O) groups is 3. The Morgan fingerprint density at radius 1 is 1.17 bits per heavy atom. The van der Waals surface area contributed by atoms with Crippen LogP contribution in [0.4, 0.5) is 10.5 Å². The quantitative estimate of drug-likeness (QED) is 0.537. The molecule has 2 N–H and O–H groups in total. The molecule has 184 valence electrons. The molecule has 1 aliphatic rings. The molecule has 1 heterocycles. The monoisotopic (exact) mass is 516 g/mol. The molecule has 1 atom stereocenters. The molecule has 0 spiro atoms. The third-order valence-electron chi connectivity index (χ3n) is 4.87. The number of hydrogen-bond acceptors (Lipinski definition) is 7. The summed E-state index contributed by atoms with van der Waals surface area (Å²) in [6.07, 6.45) is 1.65. The molecule has 35 heavy (non-hydrogen) atoms. The number of aliphatic imine (C=N–C) groups is 1. The number of benzene rings is 2. The molecule has 0 fully saturated rings. The highest BCUT2D eigenvalue weighted by atomic mass is 35.5. The molecular weight excluding hydrogens is 492 g/mol. The number of nitrogens with one attached hydrogen (secondary N) is 2. The molecule has 1 aliphatic heterocycles. The fourth-order valence-electron chi connectivity index (χ4n) is 3.08. The van der Waals surface area contributed by atoms with E-state index in [1.54, 1.807) is 69.5 Å². The first kappa shape index (κ1) is 26.1. The van der Waals surface area contributed by atoms with Crippen molar-refractivity contribution in [3.63, 3.8) is 0 Å². The molecule has 0 saturated heterocycles. The maximum atomic E-state index is 13.4. The minimum atomic E-state index is -0.721. The van der Waals surface area contributed by atoms with Crippen molar-refractivity contribution in [2.75, 3.05) is 25.7 Å². The maximum Gasteiger partial charge on any atom is 0.321 e. The van der Waals surface area contributed by atoms with Gasteiger partial charge < -0.3 is 14.8 Å². The van der Waals surface area contributed by atoms with E-state index in [-0.39, 0.29) is 16.8 Å². The largest absolute Gasteiger partial charge is 0.497 e. The lowest BCUT2D eigenvalue weighted by Crippen LogP contribution is -2.43. The Morgan fingerprint density at radius 2 is 1.89 bits per heavy atom. The average Bonchev–Trinajstić information content (AvgIpc) is 3.14. The van der Waals surface area contributed by atoms with Gasteiger partial charge >= 0.3 is 6.03 Å². The van der Waals surface area contributed by atoms with E-state index in [2.05, 4.69) is 15.6 Å². The summed E-state index contributed by atoms with van der Waals surface area (Å²) in [7, 11) is 3.05. The van der Waals surface area contributed by atoms with Gasteiger partial charge in [0.1, 0.15) is 17.2 Å². The molecular formula is C24H25ClN4O5S. The van der Waals surface area contributed by atoms with Crippen LogP contribution in [0.15, 0.2) is 53.2 Å². The van der Waals surface area contributed by atoms with Crippen LogP contribution in [0.25, 0.3) is 6.08 Å². The van der Waals surface area contributed by atoms with Gasteiger partial charge in [-0.2, -0.15) is 0 Å². The van der Waals surface area contributed by atoms with Gasteiger partial charge in [-0.05, 0) is 49.8 Å². The SMILES string of the molecule is CCNC(=O)NC(=O)C(C)SC1=N/C(=C\c2ccc(OC)cc2)C(=O)N1c1ccc(Cl)c(OC)c1. The van der Waals surface area contributed by atoms with Crippen LogP contribution in [-0.2, 0) is 9.59 Å². The van der Waals surface area contributed by atoms with Crippen LogP contribution in [0, 0.1) is 0 Å². The van der Waals surface area contributed by atoms with Gasteiger partial charge in [-0.3, -0.25) is 19.8 Å². The first-order valence-corrected chi connectivity index (χ1v) is 11.9. The van der Waals surface area contributed by atoms with Crippen molar-refractivity contribution >= 4 is 58.1 Å². The zero-order chi connectivity index (χ0) is 25.5. The van der Waals surface area contributed by atoms with Gasteiger partial charge in [0.25, 0.3) is 5.91 Å². The second-order valence-corrected chi connectivity index (χ2v) is 8.98. The molecule has 4 amide bonds. The summed E-state index contributed by atoms with van der Waals surface area (Å²) in [5.74, 6) is 0.170. The molecule has 2 aromatic rings. The van der Waals surface area contributed by atoms with Crippen molar-refractivity contribution in [1.82, 2.24) is 10.6 Å². The summed E-state index contributed by atoms with van der Waals surface area (Å²) in [6, 6.07) is 11.5. The fourth-order valence-corrected chi connectivity index (χ4v) is 4.20. The number of amides is 4. The van der Waals surface area contributed by atoms with Crippen LogP contribution < -0.4 is 25.0 Å². The van der Waals surface area contributed by atoms with Crippen LogP contribution in [0.5, 0.6) is 11.5 Å². The Hall–Kier alpha value is -3.50. The first-order valence-electron chi connectivity index (χ1n) is 10.6. The van der Waals surface area contributed by atoms with Crippen LogP contribution >= 0.6 is 23.4 Å². The van der Waals surface area contributed by atoms with Gasteiger partial charge in [-0.15, -0.1) is 0 Å². The number of imide groups is 1. The zero-order valence-corrected chi connectivity index (χ0v) is 21.2. The highest BCUT2D eigenvalue weighted by Gasteiger charge is 2.34. The summed E-state index contributed by atoms with van der Waals surface area (Å²) in [6.45, 7) is 3.75. The highest BCUT2D eigenvalue weighted by Crippen LogP contribution is 2.35. The van der Waals surface area contributed by atoms with E-state index in [4.69, 9.17) is 21.1 Å². The number of amidine groups is 1. The summed E-state index contributed by atoms with van der Waals surface area (Å²) in [5, 5.41) is 4.72. The van der Waals surface area contributed by atoms with Gasteiger partial charge in [0.05, 0.1) is 30.2 Å². The fraction of sp³-hybridized carbons (Fsp3) is 0.250. The Labute approximate surface area is 212 Å². The summed E-state index contributed by atoms with van der Waals surface area (Å²) in [4.78, 5) is 43.6. The van der Waals surface area contributed by atoms with Crippen LogP contribution in [0.1, 0.15) is 19.4 Å². The van der Waals surface area contributed by atoms with Crippen LogP contribution in [-0.4, -0.2) is 49.0 Å². The lowest BCUT2D eigenvalue weighted by molar-refractivity contribution is -0.119. The summed E-state index contributed by atoms with van der Waals surface area (Å²) >= 11 is 7.21. The molecule has 0 saturated carbocycles. The standard InChI is InChI=1S/C24H25ClN4O5S/c1-5-26-23(32)28-21(30)14(2)35-24-27-19(12-15-6-9-17(33-3)10-7-15)22(31)29(24)16-8-11-18(25)20(13-16)34-4/h6-14H,5H2,1-4H3,(H2,26,28,30,32)/b19-12-. The van der Waals surface area contributed by atoms with Crippen molar-refractivity contribution in [3.8, 4) is 11.5 Å². The number of ether oxygens (including phenoxy) is 2. The van der Waals surface area contributed by atoms with Gasteiger partial charge in [0, 0.05) is 12.6 Å². The van der Waals surface area contributed by atoms with Gasteiger partial charge in [-0.25, -0.2) is 9.79 Å². The van der Waals surface area contributed by atoms with E-state index in [0.717, 1.165) is 17.3 Å². The molecule has 0 radical (unpaired) electrons. The van der Waals surface area contributed by atoms with E-state index in [1.807, 2.05) is 0 Å². The third kappa shape index (κ3) is 6.34. The van der Waals surface area contributed by atoms with Crippen molar-refractivity contribution in [2.45, 2.75) is 19.1 Å². The molecule has 1 unspecified atom stereocenters. The smallest absolute Gasteiger partial charge is 0.321 e. The number of thioether (sulfide) groups is 1. The number of anilines is 1. The van der Waals surface area contributed by atoms with E-state index in [1.165, 1.54) is 12.0 Å². The van der Waals surface area contributed by atoms with E-state index >= 15 is 0 Å². The lowest BCUT2D eigenvalue weighted by atomic mass is 10.2. The molecule has 2 aromatic carbocycles. The minimum absolute atomic E-state index is 0.183. The van der Waals surface area contributed by atoms with Crippen LogP contribution in [0.2, 0.25) is 5.02 Å². The average molecular weight is 517 g/mol. The van der Waals surface area contributed by atoms with Crippen molar-refractivity contribution in [1.29, 1.82) is 0 Å². The molecule has 0 bridgehead atoms. The zero-order valence-electron chi connectivity index (χ0n) is 19.6. The second-order valence-electron chi connectivity index (χ2n) is 7.27. The Bertz CT molecular complexity index is 1180. The van der Waals surface area contributed by atoms with Gasteiger partial charge in [-0.1, -0.05) is 35.5 Å². The summed E-state index contributed by atoms with van der Waals surface area (Å²) in [5.41, 5.74) is 1.40. The predicted octanol–water partition coefficient (Wildman–Crippen LogP) is 4.07. The normalized spacial score (nSPS) is 15.0. The van der Waals surface area contributed by atoms with Crippen molar-refractivity contribution in [3.05, 3.63) is 58.7 Å². The number of methoxy groups -OCH3 is 2. The second kappa shape index (κ2) is 11.8. The van der Waals surface area contributed by atoms with E-state index in [9.17, 15) is 14.4 Å². The molecule has 0 aliphatic carbocycles. The number of carbonyl (C=O) groups excluding carboxylic acids is 3. The van der Waals surface area contributed by atoms with E-state index in [0.29, 0.717) is 28.8 Å². The predicted molar refractivity (Wildman–Crippen MR) is 138 cm³/mol. The molecule has 11 heteroatoms. The van der Waals surface area contributed by atoms with Crippen molar-refractivity contribution in [2.24, 2.45) is 4.99 Å². The number of urea groups is 1. The summed E-state index contributed by atoms with van der Waals surface area (Å²) < 4.78 is 10.5. The van der Waals surface area contributed by atoms with Crippen LogP contribution in [0.3, 0.4) is 0 Å². The number of nitrogens with zero attached hydrogens (tertiary/aromatic N) is 2. The van der Waals surface area contributed by atoms with E-state index < -0.39 is 17.2 Å². The Morgan fingerprint density at radius 3 is 2.51 bits per heavy atom. The molecule has 3 rings (SSSR count). The molecule has 0 aromatic heterocycles. The molecule has 9 nitrogen and oxygen atoms in total. The van der Waals surface area contributed by atoms with Gasteiger partial charge in [0.15, 0.2) is 5.17 Å². The minimum Gasteiger partial charge on any atom is -0.497 e. The highest BCUT2D eigenvalue weighted by molar-refractivity contribution is 8.15.